The molecule has 4 heteroatoms. The van der Waals surface area contributed by atoms with E-state index in [1.165, 1.54) is 0 Å². The van der Waals surface area contributed by atoms with E-state index < -0.39 is 0 Å². The first-order chi connectivity index (χ1) is 10.9. The van der Waals surface area contributed by atoms with E-state index in [0.717, 1.165) is 46.9 Å². The van der Waals surface area contributed by atoms with Crippen LogP contribution in [0.1, 0.15) is 5.56 Å². The molecule has 4 rings (SSSR count). The number of pyridine rings is 1. The summed E-state index contributed by atoms with van der Waals surface area (Å²) in [5.74, 6) is 2.51. The van der Waals surface area contributed by atoms with Crippen molar-refractivity contribution in [3.8, 4) is 11.5 Å². The molecule has 0 fully saturated rings. The molecule has 0 saturated heterocycles. The normalized spacial score (nSPS) is 13.7. The molecule has 3 aromatic rings. The Balaban J connectivity index is 1.62. The van der Waals surface area contributed by atoms with Gasteiger partial charge in [-0.2, -0.15) is 0 Å². The van der Waals surface area contributed by atoms with Crippen molar-refractivity contribution in [2.24, 2.45) is 4.99 Å². The number of benzene rings is 2. The Labute approximate surface area is 128 Å². The Morgan fingerprint density at radius 3 is 2.64 bits per heavy atom. The molecule has 22 heavy (non-hydrogen) atoms. The summed E-state index contributed by atoms with van der Waals surface area (Å²) in [6.07, 6.45) is 1.78. The van der Waals surface area contributed by atoms with Crippen molar-refractivity contribution in [1.29, 1.82) is 0 Å². The molecule has 0 saturated carbocycles. The third-order valence-electron chi connectivity index (χ3n) is 3.63. The number of amidine groups is 1. The fourth-order valence-corrected chi connectivity index (χ4v) is 2.56. The molecule has 2 heterocycles. The van der Waals surface area contributed by atoms with Crippen LogP contribution < -0.4 is 10.1 Å². The molecule has 0 unspecified atom stereocenters. The second kappa shape index (κ2) is 5.48. The minimum absolute atomic E-state index is 0.766. The Kier molecular flexibility index (Phi) is 3.20. The number of nitrogens with one attached hydrogen (secondary N) is 1. The van der Waals surface area contributed by atoms with Gasteiger partial charge in [0, 0.05) is 23.7 Å². The van der Waals surface area contributed by atoms with E-state index in [4.69, 9.17) is 4.74 Å². The Morgan fingerprint density at radius 2 is 1.82 bits per heavy atom. The predicted octanol–water partition coefficient (Wildman–Crippen LogP) is 3.38. The van der Waals surface area contributed by atoms with E-state index >= 15 is 0 Å². The van der Waals surface area contributed by atoms with Gasteiger partial charge >= 0.3 is 0 Å². The molecule has 1 N–H and O–H groups in total. The van der Waals surface area contributed by atoms with E-state index in [9.17, 15) is 0 Å². The Morgan fingerprint density at radius 1 is 0.955 bits per heavy atom. The monoisotopic (exact) mass is 289 g/mol. The van der Waals surface area contributed by atoms with Crippen LogP contribution in [-0.4, -0.2) is 23.9 Å². The van der Waals surface area contributed by atoms with Crippen LogP contribution in [-0.2, 0) is 0 Å². The summed E-state index contributed by atoms with van der Waals surface area (Å²) < 4.78 is 5.99. The molecule has 1 aliphatic rings. The highest BCUT2D eigenvalue weighted by molar-refractivity contribution is 5.99. The standard InChI is InChI=1S/C18H15N3O/c1-3-13-4-2-10-19-17(13)16(5-1)22-15-8-6-14(7-9-15)18-20-11-12-21-18/h1-10H,11-12H2,(H,20,21). The molecule has 0 aliphatic carbocycles. The van der Waals surface area contributed by atoms with E-state index in [-0.39, 0.29) is 0 Å². The maximum atomic E-state index is 5.99. The Hall–Kier alpha value is -2.88. The van der Waals surface area contributed by atoms with Gasteiger partial charge < -0.3 is 10.1 Å². The zero-order chi connectivity index (χ0) is 14.8. The van der Waals surface area contributed by atoms with Gasteiger partial charge in [0.05, 0.1) is 6.54 Å². The smallest absolute Gasteiger partial charge is 0.153 e. The number of hydrogen-bond donors (Lipinski definition) is 1. The molecule has 108 valence electrons. The van der Waals surface area contributed by atoms with Gasteiger partial charge in [-0.1, -0.05) is 18.2 Å². The SMILES string of the molecule is c1cnc2c(Oc3ccc(C4=NCCN4)cc3)cccc2c1. The minimum atomic E-state index is 0.766. The largest absolute Gasteiger partial charge is 0.455 e. The van der Waals surface area contributed by atoms with Gasteiger partial charge in [0.2, 0.25) is 0 Å². The van der Waals surface area contributed by atoms with Crippen molar-refractivity contribution < 1.29 is 4.74 Å². The molecule has 4 nitrogen and oxygen atoms in total. The zero-order valence-electron chi connectivity index (χ0n) is 12.0. The average molecular weight is 289 g/mol. The lowest BCUT2D eigenvalue weighted by atomic mass is 10.2. The molecule has 0 radical (unpaired) electrons. The number of ether oxygens (including phenoxy) is 1. The van der Waals surface area contributed by atoms with Gasteiger partial charge in [0.1, 0.15) is 17.1 Å². The van der Waals surface area contributed by atoms with Crippen LogP contribution in [0.3, 0.4) is 0 Å². The molecule has 0 spiro atoms. The maximum Gasteiger partial charge on any atom is 0.153 e. The van der Waals surface area contributed by atoms with Crippen molar-refractivity contribution in [2.45, 2.75) is 0 Å². The summed E-state index contributed by atoms with van der Waals surface area (Å²) in [6.45, 7) is 1.75. The van der Waals surface area contributed by atoms with Crippen molar-refractivity contribution in [3.63, 3.8) is 0 Å². The zero-order valence-corrected chi connectivity index (χ0v) is 12.0. The molecular weight excluding hydrogens is 274 g/mol. The summed E-state index contributed by atoms with van der Waals surface area (Å²) >= 11 is 0. The van der Waals surface area contributed by atoms with E-state index in [1.54, 1.807) is 6.20 Å². The molecule has 2 aromatic carbocycles. The third kappa shape index (κ3) is 2.39. The molecule has 1 aliphatic heterocycles. The maximum absolute atomic E-state index is 5.99. The number of aromatic nitrogens is 1. The van der Waals surface area contributed by atoms with Gasteiger partial charge in [-0.25, -0.2) is 0 Å². The summed E-state index contributed by atoms with van der Waals surface area (Å²) in [6, 6.07) is 17.9. The fourth-order valence-electron chi connectivity index (χ4n) is 2.56. The number of hydrogen-bond acceptors (Lipinski definition) is 4. The van der Waals surface area contributed by atoms with Crippen LogP contribution in [0.2, 0.25) is 0 Å². The number of aliphatic imine (C=N–C) groups is 1. The van der Waals surface area contributed by atoms with Gasteiger partial charge in [-0.05, 0) is 36.4 Å². The number of fused-ring (bicyclic) bond motifs is 1. The number of nitrogens with zero attached hydrogens (tertiary/aromatic N) is 2. The van der Waals surface area contributed by atoms with Gasteiger partial charge in [0.25, 0.3) is 0 Å². The number of para-hydroxylation sites is 1. The van der Waals surface area contributed by atoms with Crippen LogP contribution in [0, 0.1) is 0 Å². The second-order valence-electron chi connectivity index (χ2n) is 5.11. The second-order valence-corrected chi connectivity index (χ2v) is 5.11. The third-order valence-corrected chi connectivity index (χ3v) is 3.63. The highest BCUT2D eigenvalue weighted by atomic mass is 16.5. The predicted molar refractivity (Wildman–Crippen MR) is 87.7 cm³/mol. The van der Waals surface area contributed by atoms with Crippen LogP contribution >= 0.6 is 0 Å². The van der Waals surface area contributed by atoms with Gasteiger partial charge in [-0.3, -0.25) is 9.98 Å². The number of rotatable bonds is 3. The average Bonchev–Trinajstić information content (AvgIpc) is 3.10. The summed E-state index contributed by atoms with van der Waals surface area (Å²) in [7, 11) is 0. The molecule has 1 aromatic heterocycles. The highest BCUT2D eigenvalue weighted by Crippen LogP contribution is 2.28. The Bertz CT molecular complexity index is 835. The van der Waals surface area contributed by atoms with Crippen LogP contribution in [0.15, 0.2) is 65.8 Å². The van der Waals surface area contributed by atoms with Crippen molar-refractivity contribution >= 4 is 16.7 Å². The van der Waals surface area contributed by atoms with Crippen LogP contribution in [0.4, 0.5) is 0 Å². The van der Waals surface area contributed by atoms with Crippen molar-refractivity contribution in [2.75, 3.05) is 13.1 Å². The quantitative estimate of drug-likeness (QED) is 0.804. The van der Waals surface area contributed by atoms with Crippen LogP contribution in [0.5, 0.6) is 11.5 Å². The lowest BCUT2D eigenvalue weighted by Gasteiger charge is -2.09. The fraction of sp³-hybridized carbons (Fsp3) is 0.111. The summed E-state index contributed by atoms with van der Waals surface area (Å²) in [4.78, 5) is 8.82. The lowest BCUT2D eigenvalue weighted by molar-refractivity contribution is 0.487. The minimum Gasteiger partial charge on any atom is -0.455 e. The molecule has 0 bridgehead atoms. The van der Waals surface area contributed by atoms with Crippen molar-refractivity contribution in [1.82, 2.24) is 10.3 Å². The van der Waals surface area contributed by atoms with Gasteiger partial charge in [-0.15, -0.1) is 0 Å². The van der Waals surface area contributed by atoms with Gasteiger partial charge in [0.15, 0.2) is 5.75 Å². The van der Waals surface area contributed by atoms with E-state index in [1.807, 2.05) is 54.6 Å². The first kappa shape index (κ1) is 12.8. The van der Waals surface area contributed by atoms with Crippen LogP contribution in [0.25, 0.3) is 10.9 Å². The molecule has 0 amide bonds. The first-order valence-electron chi connectivity index (χ1n) is 7.30. The van der Waals surface area contributed by atoms with E-state index in [0.29, 0.717) is 0 Å². The molecular formula is C18H15N3O. The molecule has 0 atom stereocenters. The first-order valence-corrected chi connectivity index (χ1v) is 7.30. The van der Waals surface area contributed by atoms with E-state index in [2.05, 4.69) is 15.3 Å². The topological polar surface area (TPSA) is 46.5 Å². The lowest BCUT2D eigenvalue weighted by Crippen LogP contribution is -2.19. The highest BCUT2D eigenvalue weighted by Gasteiger charge is 2.08. The summed E-state index contributed by atoms with van der Waals surface area (Å²) in [5.41, 5.74) is 1.96. The summed E-state index contributed by atoms with van der Waals surface area (Å²) in [5, 5.41) is 4.34. The van der Waals surface area contributed by atoms with Crippen molar-refractivity contribution in [3.05, 3.63) is 66.4 Å².